The number of aromatic nitrogens is 4. The van der Waals surface area contributed by atoms with Crippen LogP contribution in [-0.4, -0.2) is 38.7 Å². The summed E-state index contributed by atoms with van der Waals surface area (Å²) < 4.78 is 7.42. The molecule has 25 heavy (non-hydrogen) atoms. The Balaban J connectivity index is 0.00000225. The average Bonchev–Trinajstić information content (AvgIpc) is 2.86. The largest absolute Gasteiger partial charge is 0.460 e. The summed E-state index contributed by atoms with van der Waals surface area (Å²) in [6.07, 6.45) is 4.04. The van der Waals surface area contributed by atoms with Gasteiger partial charge < -0.3 is 20.8 Å². The Bertz CT molecular complexity index is 753. The maximum Gasteiger partial charge on any atom is 0.327 e. The quantitative estimate of drug-likeness (QED) is 0.713. The summed E-state index contributed by atoms with van der Waals surface area (Å²) in [5.74, 6) is 0.711. The smallest absolute Gasteiger partial charge is 0.327 e. The lowest BCUT2D eigenvalue weighted by atomic mass is 9.98. The third-order valence-corrected chi connectivity index (χ3v) is 4.53. The lowest BCUT2D eigenvalue weighted by Gasteiger charge is -2.22. The van der Waals surface area contributed by atoms with Gasteiger partial charge in [-0.2, -0.15) is 9.97 Å². The predicted molar refractivity (Wildman–Crippen MR) is 100 cm³/mol. The molecule has 1 saturated heterocycles. The summed E-state index contributed by atoms with van der Waals surface area (Å²) in [5, 5.41) is 3.34. The molecule has 1 atom stereocenters. The van der Waals surface area contributed by atoms with E-state index in [0.717, 1.165) is 38.8 Å². The number of piperidine rings is 1. The molecule has 0 unspecified atom stereocenters. The molecule has 0 aliphatic carbocycles. The number of ether oxygens (including phenoxy) is 1. The highest BCUT2D eigenvalue weighted by Crippen LogP contribution is 2.21. The molecule has 0 aromatic carbocycles. The molecule has 1 aliphatic rings. The Kier molecular flexibility index (Phi) is 6.66. The molecule has 0 amide bonds. The van der Waals surface area contributed by atoms with Gasteiger partial charge >= 0.3 is 11.7 Å². The van der Waals surface area contributed by atoms with E-state index < -0.39 is 0 Å². The zero-order valence-corrected chi connectivity index (χ0v) is 15.6. The number of hydrogen-bond acceptors (Lipinski definition) is 6. The van der Waals surface area contributed by atoms with Crippen LogP contribution in [0.25, 0.3) is 11.2 Å². The number of H-pyrrole nitrogens is 1. The SMILES string of the molecule is CCC[C@@H](C)Oc1nc(N)c2[nH]c(=O)n(CC3CCNCC3)c2n1.Cl. The van der Waals surface area contributed by atoms with Crippen LogP contribution in [-0.2, 0) is 6.54 Å². The monoisotopic (exact) mass is 370 g/mol. The van der Waals surface area contributed by atoms with Gasteiger partial charge in [-0.15, -0.1) is 12.4 Å². The average molecular weight is 371 g/mol. The summed E-state index contributed by atoms with van der Waals surface area (Å²) in [4.78, 5) is 23.7. The lowest BCUT2D eigenvalue weighted by Crippen LogP contribution is -2.32. The van der Waals surface area contributed by atoms with E-state index in [-0.39, 0.29) is 36.0 Å². The fourth-order valence-electron chi connectivity index (χ4n) is 3.22. The van der Waals surface area contributed by atoms with E-state index in [0.29, 0.717) is 23.6 Å². The molecular weight excluding hydrogens is 344 g/mol. The molecule has 1 aliphatic heterocycles. The van der Waals surface area contributed by atoms with Crippen LogP contribution in [0, 0.1) is 5.92 Å². The van der Waals surface area contributed by atoms with Gasteiger partial charge in [0.1, 0.15) is 5.52 Å². The van der Waals surface area contributed by atoms with E-state index in [1.165, 1.54) is 0 Å². The highest BCUT2D eigenvalue weighted by molar-refractivity contribution is 5.85. The molecule has 2 aromatic heterocycles. The Hall–Kier alpha value is -1.80. The number of nitrogen functional groups attached to an aromatic ring is 1. The molecule has 4 N–H and O–H groups in total. The Morgan fingerprint density at radius 2 is 2.08 bits per heavy atom. The Labute approximate surface area is 153 Å². The second kappa shape index (κ2) is 8.53. The number of rotatable bonds is 6. The van der Waals surface area contributed by atoms with Crippen molar-refractivity contribution in [3.8, 4) is 6.01 Å². The van der Waals surface area contributed by atoms with Crippen LogP contribution in [0.5, 0.6) is 6.01 Å². The molecule has 9 heteroatoms. The summed E-state index contributed by atoms with van der Waals surface area (Å²) in [5.41, 5.74) is 6.83. The van der Waals surface area contributed by atoms with Crippen LogP contribution in [0.1, 0.15) is 39.5 Å². The molecule has 140 valence electrons. The minimum Gasteiger partial charge on any atom is -0.460 e. The van der Waals surface area contributed by atoms with E-state index in [2.05, 4.69) is 27.2 Å². The van der Waals surface area contributed by atoms with Gasteiger partial charge in [-0.3, -0.25) is 4.57 Å². The van der Waals surface area contributed by atoms with Crippen molar-refractivity contribution in [2.24, 2.45) is 5.92 Å². The summed E-state index contributed by atoms with van der Waals surface area (Å²) in [6, 6.07) is 0.235. The summed E-state index contributed by atoms with van der Waals surface area (Å²) >= 11 is 0. The first-order chi connectivity index (χ1) is 11.6. The fraction of sp³-hybridized carbons (Fsp3) is 0.688. The first-order valence-electron chi connectivity index (χ1n) is 8.72. The Morgan fingerprint density at radius 1 is 1.36 bits per heavy atom. The topological polar surface area (TPSA) is 111 Å². The third-order valence-electron chi connectivity index (χ3n) is 4.53. The molecule has 8 nitrogen and oxygen atoms in total. The van der Waals surface area contributed by atoms with Crippen molar-refractivity contribution >= 4 is 29.4 Å². The van der Waals surface area contributed by atoms with Gasteiger partial charge in [0, 0.05) is 6.54 Å². The number of anilines is 1. The van der Waals surface area contributed by atoms with E-state index in [9.17, 15) is 4.79 Å². The van der Waals surface area contributed by atoms with Crippen molar-refractivity contribution in [3.05, 3.63) is 10.5 Å². The van der Waals surface area contributed by atoms with Crippen LogP contribution in [0.15, 0.2) is 4.79 Å². The van der Waals surface area contributed by atoms with Crippen molar-refractivity contribution in [2.75, 3.05) is 18.8 Å². The molecule has 0 saturated carbocycles. The molecule has 3 heterocycles. The zero-order valence-electron chi connectivity index (χ0n) is 14.7. The van der Waals surface area contributed by atoms with Crippen molar-refractivity contribution in [1.82, 2.24) is 24.8 Å². The van der Waals surface area contributed by atoms with E-state index in [1.54, 1.807) is 4.57 Å². The normalized spacial score (nSPS) is 16.6. The third kappa shape index (κ3) is 4.43. The van der Waals surface area contributed by atoms with Crippen LogP contribution in [0.3, 0.4) is 0 Å². The minimum absolute atomic E-state index is 0. The van der Waals surface area contributed by atoms with Gasteiger partial charge in [0.2, 0.25) is 0 Å². The number of nitrogens with zero attached hydrogens (tertiary/aromatic N) is 3. The number of nitrogens with two attached hydrogens (primary N) is 1. The van der Waals surface area contributed by atoms with E-state index in [4.69, 9.17) is 10.5 Å². The number of hydrogen-bond donors (Lipinski definition) is 3. The van der Waals surface area contributed by atoms with Crippen LogP contribution in [0.2, 0.25) is 0 Å². The fourth-order valence-corrected chi connectivity index (χ4v) is 3.22. The molecule has 1 fully saturated rings. The van der Waals surface area contributed by atoms with E-state index >= 15 is 0 Å². The highest BCUT2D eigenvalue weighted by atomic mass is 35.5. The molecule has 0 spiro atoms. The number of aromatic amines is 1. The predicted octanol–water partition coefficient (Wildman–Crippen LogP) is 1.69. The first-order valence-corrected chi connectivity index (χ1v) is 8.72. The number of nitrogens with one attached hydrogen (secondary N) is 2. The van der Waals surface area contributed by atoms with Gasteiger partial charge in [-0.25, -0.2) is 4.79 Å². The number of imidazole rings is 1. The highest BCUT2D eigenvalue weighted by Gasteiger charge is 2.20. The number of fused-ring (bicyclic) bond motifs is 1. The molecule has 0 bridgehead atoms. The maximum atomic E-state index is 12.3. The van der Waals surface area contributed by atoms with Gasteiger partial charge in [-0.1, -0.05) is 13.3 Å². The van der Waals surface area contributed by atoms with Gasteiger partial charge in [0.05, 0.1) is 6.10 Å². The zero-order chi connectivity index (χ0) is 17.1. The first kappa shape index (κ1) is 19.5. The van der Waals surface area contributed by atoms with Crippen LogP contribution < -0.4 is 21.5 Å². The Morgan fingerprint density at radius 3 is 2.76 bits per heavy atom. The van der Waals surface area contributed by atoms with Crippen LogP contribution >= 0.6 is 12.4 Å². The van der Waals surface area contributed by atoms with Crippen LogP contribution in [0.4, 0.5) is 5.82 Å². The molecule has 3 rings (SSSR count). The van der Waals surface area contributed by atoms with Gasteiger partial charge in [0.15, 0.2) is 11.5 Å². The molecule has 0 radical (unpaired) electrons. The van der Waals surface area contributed by atoms with Crippen molar-refractivity contribution < 1.29 is 4.74 Å². The summed E-state index contributed by atoms with van der Waals surface area (Å²) in [6.45, 7) is 6.69. The lowest BCUT2D eigenvalue weighted by molar-refractivity contribution is 0.193. The van der Waals surface area contributed by atoms with E-state index in [1.807, 2.05) is 6.92 Å². The van der Waals surface area contributed by atoms with Crippen molar-refractivity contribution in [1.29, 1.82) is 0 Å². The van der Waals surface area contributed by atoms with Gasteiger partial charge in [0.25, 0.3) is 0 Å². The standard InChI is InChI=1S/C16H26N6O2.ClH/c1-3-4-10(2)24-15-20-13(17)12-14(21-15)22(16(23)19-12)9-11-5-7-18-8-6-11;/h10-11,18H,3-9H2,1-2H3,(H,19,23)(H2,17,20,21);1H/t10-;/m1./s1. The second-order valence-electron chi connectivity index (χ2n) is 6.54. The van der Waals surface area contributed by atoms with Crippen molar-refractivity contribution in [3.63, 3.8) is 0 Å². The minimum atomic E-state index is -0.191. The second-order valence-corrected chi connectivity index (χ2v) is 6.54. The molecule has 2 aromatic rings. The number of halogens is 1. The van der Waals surface area contributed by atoms with Crippen molar-refractivity contribution in [2.45, 2.75) is 52.2 Å². The molecular formula is C16H27ClN6O2. The maximum absolute atomic E-state index is 12.3. The van der Waals surface area contributed by atoms with Gasteiger partial charge in [-0.05, 0) is 45.2 Å². The summed E-state index contributed by atoms with van der Waals surface area (Å²) in [7, 11) is 0.